The third-order valence-corrected chi connectivity index (χ3v) is 2.79. The van der Waals surface area contributed by atoms with E-state index < -0.39 is 0 Å². The molecule has 0 radical (unpaired) electrons. The Bertz CT molecular complexity index is 672. The van der Waals surface area contributed by atoms with Gasteiger partial charge in [0.1, 0.15) is 0 Å². The smallest absolute Gasteiger partial charge is 0.248 e. The number of allylic oxidation sites excluding steroid dienone is 3. The first-order chi connectivity index (χ1) is 10.3. The Morgan fingerprint density at radius 2 is 2.14 bits per heavy atom. The molecule has 0 saturated carbocycles. The van der Waals surface area contributed by atoms with E-state index in [1.54, 1.807) is 16.8 Å². The van der Waals surface area contributed by atoms with Gasteiger partial charge in [0.15, 0.2) is 5.82 Å². The van der Waals surface area contributed by atoms with Crippen LogP contribution in [-0.4, -0.2) is 26.1 Å². The number of tetrazole rings is 1. The highest BCUT2D eigenvalue weighted by molar-refractivity contribution is 6.00. The molecule has 0 bridgehead atoms. The fraction of sp³-hybridized carbons (Fsp3) is 0.200. The minimum absolute atomic E-state index is 0.202. The van der Waals surface area contributed by atoms with Gasteiger partial charge in [-0.25, -0.2) is 0 Å². The normalized spacial score (nSPS) is 11.3. The molecule has 108 valence electrons. The van der Waals surface area contributed by atoms with E-state index in [1.807, 2.05) is 44.2 Å². The van der Waals surface area contributed by atoms with Crippen LogP contribution < -0.4 is 5.32 Å². The van der Waals surface area contributed by atoms with E-state index in [-0.39, 0.29) is 5.91 Å². The van der Waals surface area contributed by atoms with E-state index in [0.717, 1.165) is 11.5 Å². The standard InChI is InChI=1S/C15H17N5O/c1-3-5-6-11-15(21)16-12-9-7-8-10-13(12)20-14(4-2)17-18-19-20/h3,5-11H,4H2,1-2H3,(H,16,21)/b5-3+,11-6-. The van der Waals surface area contributed by atoms with E-state index in [4.69, 9.17) is 0 Å². The zero-order chi connectivity index (χ0) is 15.1. The van der Waals surface area contributed by atoms with Crippen LogP contribution in [0.5, 0.6) is 0 Å². The highest BCUT2D eigenvalue weighted by atomic mass is 16.1. The minimum Gasteiger partial charge on any atom is -0.321 e. The first-order valence-corrected chi connectivity index (χ1v) is 6.73. The number of nitrogens with zero attached hydrogens (tertiary/aromatic N) is 4. The lowest BCUT2D eigenvalue weighted by atomic mass is 10.2. The molecule has 1 amide bonds. The molecule has 1 aromatic heterocycles. The number of nitrogens with one attached hydrogen (secondary N) is 1. The van der Waals surface area contributed by atoms with Crippen molar-refractivity contribution in [1.82, 2.24) is 20.2 Å². The van der Waals surface area contributed by atoms with Crippen LogP contribution in [0, 0.1) is 0 Å². The molecule has 0 unspecified atom stereocenters. The second kappa shape index (κ2) is 7.14. The van der Waals surface area contributed by atoms with Gasteiger partial charge in [0, 0.05) is 12.5 Å². The molecular formula is C15H17N5O. The fourth-order valence-electron chi connectivity index (χ4n) is 1.81. The van der Waals surface area contributed by atoms with Gasteiger partial charge in [-0.3, -0.25) is 4.79 Å². The largest absolute Gasteiger partial charge is 0.321 e. The molecule has 21 heavy (non-hydrogen) atoms. The first-order valence-electron chi connectivity index (χ1n) is 6.73. The van der Waals surface area contributed by atoms with Gasteiger partial charge in [0.25, 0.3) is 0 Å². The summed E-state index contributed by atoms with van der Waals surface area (Å²) in [5.74, 6) is 0.535. The molecule has 1 N–H and O–H groups in total. The summed E-state index contributed by atoms with van der Waals surface area (Å²) in [6.45, 7) is 3.87. The number of hydrogen-bond donors (Lipinski definition) is 1. The average Bonchev–Trinajstić information content (AvgIpc) is 2.96. The molecule has 1 aromatic carbocycles. The quantitative estimate of drug-likeness (QED) is 0.675. The number of aryl methyl sites for hydroxylation is 1. The van der Waals surface area contributed by atoms with Crippen LogP contribution in [0.15, 0.2) is 48.6 Å². The third-order valence-electron chi connectivity index (χ3n) is 2.79. The molecule has 0 aliphatic carbocycles. The maximum absolute atomic E-state index is 11.9. The monoisotopic (exact) mass is 283 g/mol. The predicted octanol–water partition coefficient (Wildman–Crippen LogP) is 2.30. The van der Waals surface area contributed by atoms with Crippen LogP contribution >= 0.6 is 0 Å². The number of hydrogen-bond acceptors (Lipinski definition) is 4. The van der Waals surface area contributed by atoms with Gasteiger partial charge in [-0.15, -0.1) is 5.10 Å². The molecule has 0 fully saturated rings. The Balaban J connectivity index is 2.27. The van der Waals surface area contributed by atoms with Crippen molar-refractivity contribution in [2.75, 3.05) is 5.32 Å². The van der Waals surface area contributed by atoms with Crippen molar-refractivity contribution >= 4 is 11.6 Å². The SMILES string of the molecule is C/C=C/C=C\C(=O)Nc1ccccc1-n1nnnc1CC. The van der Waals surface area contributed by atoms with Crippen LogP contribution in [0.3, 0.4) is 0 Å². The Kier molecular flexibility index (Phi) is 4.98. The molecule has 0 atom stereocenters. The van der Waals surface area contributed by atoms with E-state index in [9.17, 15) is 4.79 Å². The minimum atomic E-state index is -0.202. The molecule has 0 aliphatic heterocycles. The van der Waals surface area contributed by atoms with E-state index in [0.29, 0.717) is 12.1 Å². The molecule has 6 nitrogen and oxygen atoms in total. The maximum atomic E-state index is 11.9. The zero-order valence-electron chi connectivity index (χ0n) is 12.0. The lowest BCUT2D eigenvalue weighted by Crippen LogP contribution is -2.12. The lowest BCUT2D eigenvalue weighted by Gasteiger charge is -2.10. The van der Waals surface area contributed by atoms with Gasteiger partial charge in [0.2, 0.25) is 5.91 Å². The summed E-state index contributed by atoms with van der Waals surface area (Å²) < 4.78 is 1.63. The van der Waals surface area contributed by atoms with Gasteiger partial charge >= 0.3 is 0 Å². The Labute approximate surface area is 123 Å². The highest BCUT2D eigenvalue weighted by Crippen LogP contribution is 2.20. The van der Waals surface area contributed by atoms with Crippen molar-refractivity contribution in [2.45, 2.75) is 20.3 Å². The Hall–Kier alpha value is -2.76. The summed E-state index contributed by atoms with van der Waals surface area (Å²) in [4.78, 5) is 11.9. The van der Waals surface area contributed by atoms with Crippen molar-refractivity contribution in [3.63, 3.8) is 0 Å². The molecular weight excluding hydrogens is 266 g/mol. The molecule has 2 rings (SSSR count). The summed E-state index contributed by atoms with van der Waals surface area (Å²) in [5, 5.41) is 14.4. The zero-order valence-corrected chi connectivity index (χ0v) is 12.0. The van der Waals surface area contributed by atoms with Crippen molar-refractivity contribution in [1.29, 1.82) is 0 Å². The number of anilines is 1. The number of amides is 1. The summed E-state index contributed by atoms with van der Waals surface area (Å²) >= 11 is 0. The second-order valence-corrected chi connectivity index (χ2v) is 4.25. The predicted molar refractivity (Wildman–Crippen MR) is 81.1 cm³/mol. The van der Waals surface area contributed by atoms with Crippen LogP contribution in [0.4, 0.5) is 5.69 Å². The molecule has 2 aromatic rings. The maximum Gasteiger partial charge on any atom is 0.248 e. The molecule has 0 saturated heterocycles. The number of benzene rings is 1. The van der Waals surface area contributed by atoms with Crippen LogP contribution in [0.1, 0.15) is 19.7 Å². The molecule has 1 heterocycles. The average molecular weight is 283 g/mol. The van der Waals surface area contributed by atoms with E-state index >= 15 is 0 Å². The fourth-order valence-corrected chi connectivity index (χ4v) is 1.81. The lowest BCUT2D eigenvalue weighted by molar-refractivity contribution is -0.111. The number of para-hydroxylation sites is 2. The molecule has 0 spiro atoms. The Morgan fingerprint density at radius 1 is 1.33 bits per heavy atom. The topological polar surface area (TPSA) is 72.7 Å². The van der Waals surface area contributed by atoms with Gasteiger partial charge in [-0.05, 0) is 29.5 Å². The van der Waals surface area contributed by atoms with Crippen molar-refractivity contribution in [3.8, 4) is 5.69 Å². The van der Waals surface area contributed by atoms with Gasteiger partial charge < -0.3 is 5.32 Å². The number of carbonyl (C=O) groups is 1. The highest BCUT2D eigenvalue weighted by Gasteiger charge is 2.11. The summed E-state index contributed by atoms with van der Waals surface area (Å²) in [7, 11) is 0. The van der Waals surface area contributed by atoms with Crippen LogP contribution in [-0.2, 0) is 11.2 Å². The molecule has 0 aliphatic rings. The van der Waals surface area contributed by atoms with Crippen molar-refractivity contribution in [2.24, 2.45) is 0 Å². The summed E-state index contributed by atoms with van der Waals surface area (Å²) in [5.41, 5.74) is 1.40. The van der Waals surface area contributed by atoms with Crippen molar-refractivity contribution < 1.29 is 4.79 Å². The Morgan fingerprint density at radius 3 is 2.90 bits per heavy atom. The van der Waals surface area contributed by atoms with Crippen molar-refractivity contribution in [3.05, 3.63) is 54.4 Å². The van der Waals surface area contributed by atoms with Crippen LogP contribution in [0.25, 0.3) is 5.69 Å². The summed E-state index contributed by atoms with van der Waals surface area (Å²) in [6.07, 6.45) is 7.51. The summed E-state index contributed by atoms with van der Waals surface area (Å²) in [6, 6.07) is 7.41. The van der Waals surface area contributed by atoms with Gasteiger partial charge in [0.05, 0.1) is 11.4 Å². The molecule has 6 heteroatoms. The van der Waals surface area contributed by atoms with E-state index in [1.165, 1.54) is 6.08 Å². The second-order valence-electron chi connectivity index (χ2n) is 4.25. The first kappa shape index (κ1) is 14.6. The van der Waals surface area contributed by atoms with Crippen LogP contribution in [0.2, 0.25) is 0 Å². The van der Waals surface area contributed by atoms with Gasteiger partial charge in [-0.1, -0.05) is 37.3 Å². The third kappa shape index (κ3) is 3.62. The number of aromatic nitrogens is 4. The van der Waals surface area contributed by atoms with Gasteiger partial charge in [-0.2, -0.15) is 4.68 Å². The van der Waals surface area contributed by atoms with E-state index in [2.05, 4.69) is 20.8 Å². The number of carbonyl (C=O) groups excluding carboxylic acids is 1. The number of rotatable bonds is 5.